The van der Waals surface area contributed by atoms with Gasteiger partial charge in [0.1, 0.15) is 50.3 Å². The summed E-state index contributed by atoms with van der Waals surface area (Å²) in [5, 5.41) is 10.9. The fourth-order valence-corrected chi connectivity index (χ4v) is 6.77. The molecule has 0 spiro atoms. The minimum atomic E-state index is -2.02. The third-order valence-electron chi connectivity index (χ3n) is 8.84. The summed E-state index contributed by atoms with van der Waals surface area (Å²) in [4.78, 5) is 124. The van der Waals surface area contributed by atoms with Gasteiger partial charge >= 0.3 is 59.7 Å². The largest absolute Gasteiger partial charge is 0.463 e. The van der Waals surface area contributed by atoms with Gasteiger partial charge in [0.25, 0.3) is 0 Å². The second kappa shape index (κ2) is 23.9. The summed E-state index contributed by atoms with van der Waals surface area (Å²) in [5.41, 5.74) is 0. The third kappa shape index (κ3) is 15.6. The molecule has 3 aliphatic heterocycles. The number of hydrogen-bond acceptors (Lipinski definition) is 26. The maximum atomic E-state index is 12.9. The summed E-state index contributed by atoms with van der Waals surface area (Å²) in [6.07, 6.45) is -27.2. The predicted octanol–water partition coefficient (Wildman–Crippen LogP) is -1.86. The predicted molar refractivity (Wildman–Crippen MR) is 197 cm³/mol. The van der Waals surface area contributed by atoms with Crippen molar-refractivity contribution in [3.8, 4) is 0 Å². The van der Waals surface area contributed by atoms with Crippen molar-refractivity contribution >= 4 is 59.7 Å². The number of aliphatic hydroxyl groups is 1. The van der Waals surface area contributed by atoms with Gasteiger partial charge in [0.15, 0.2) is 61.6 Å². The smallest absolute Gasteiger partial charge is 0.303 e. The van der Waals surface area contributed by atoms with Gasteiger partial charge in [-0.3, -0.25) is 47.9 Å². The van der Waals surface area contributed by atoms with Crippen LogP contribution >= 0.6 is 0 Å². The molecule has 0 unspecified atom stereocenters. The SMILES string of the molecule is CC(=O)OC[C@@H]1O[C@H](O[C@H]2[C@@H](OC(C)=O)[C@@H](OC(C)=O)[C@H](O[C@H]3[C@@H](OC(C)=O)[C@H](OC(C)=O)[C@H](O)O[C@H]3COC(C)=O)O[C@H]2COC(C)=O)[C@@H](OC(C)=O)[C@H](OC(C)=O)[C@H]1OC(C)=O. The first-order chi connectivity index (χ1) is 29.9. The summed E-state index contributed by atoms with van der Waals surface area (Å²) in [5.74, 6) is -9.61. The van der Waals surface area contributed by atoms with Crippen LogP contribution in [0.4, 0.5) is 0 Å². The van der Waals surface area contributed by atoms with Gasteiger partial charge in [-0.05, 0) is 0 Å². The Kier molecular flexibility index (Phi) is 19.8. The lowest BCUT2D eigenvalue weighted by Crippen LogP contribution is -2.68. The second-order valence-corrected chi connectivity index (χ2v) is 14.3. The molecule has 0 radical (unpaired) electrons. The van der Waals surface area contributed by atoms with Crippen molar-refractivity contribution in [1.82, 2.24) is 0 Å². The Bertz CT molecular complexity index is 1730. The number of carbonyl (C=O) groups is 10. The molecule has 15 atom stereocenters. The minimum absolute atomic E-state index is 0.681. The van der Waals surface area contributed by atoms with Crippen LogP contribution in [-0.2, 0) is 119 Å². The molecule has 0 aliphatic carbocycles. The molecule has 360 valence electrons. The summed E-state index contributed by atoms with van der Waals surface area (Å²) >= 11 is 0. The van der Waals surface area contributed by atoms with E-state index in [1.165, 1.54) is 0 Å². The molecule has 3 saturated heterocycles. The molecule has 3 fully saturated rings. The van der Waals surface area contributed by atoms with Crippen LogP contribution in [0.15, 0.2) is 0 Å². The molecule has 0 aromatic heterocycles. The van der Waals surface area contributed by atoms with Crippen LogP contribution in [0.1, 0.15) is 69.2 Å². The number of rotatable bonds is 17. The Hall–Kier alpha value is -5.54. The molecular formula is C38H52O26. The van der Waals surface area contributed by atoms with Crippen LogP contribution in [-0.4, -0.2) is 177 Å². The van der Waals surface area contributed by atoms with E-state index >= 15 is 0 Å². The third-order valence-corrected chi connectivity index (χ3v) is 8.84. The zero-order valence-corrected chi connectivity index (χ0v) is 36.4. The van der Waals surface area contributed by atoms with E-state index in [4.69, 9.17) is 71.1 Å². The monoisotopic (exact) mass is 924 g/mol. The Morgan fingerprint density at radius 3 is 0.906 bits per heavy atom. The quantitative estimate of drug-likeness (QED) is 0.123. The number of hydrogen-bond donors (Lipinski definition) is 1. The maximum absolute atomic E-state index is 12.9. The van der Waals surface area contributed by atoms with Gasteiger partial charge in [-0.2, -0.15) is 0 Å². The summed E-state index contributed by atoms with van der Waals surface area (Å²) < 4.78 is 84.2. The van der Waals surface area contributed by atoms with Gasteiger partial charge in [0.05, 0.1) is 0 Å². The topological polar surface area (TPSA) is 329 Å². The molecule has 3 rings (SSSR count). The van der Waals surface area contributed by atoms with Crippen molar-refractivity contribution in [3.05, 3.63) is 0 Å². The highest BCUT2D eigenvalue weighted by Crippen LogP contribution is 2.38. The molecule has 64 heavy (non-hydrogen) atoms. The number of aliphatic hydroxyl groups excluding tert-OH is 1. The van der Waals surface area contributed by atoms with Gasteiger partial charge in [-0.25, -0.2) is 0 Å². The van der Waals surface area contributed by atoms with Crippen LogP contribution in [0, 0.1) is 0 Å². The van der Waals surface area contributed by atoms with E-state index in [0.29, 0.717) is 0 Å². The van der Waals surface area contributed by atoms with Gasteiger partial charge in [-0.15, -0.1) is 0 Å². The first-order valence-corrected chi connectivity index (χ1v) is 19.4. The fourth-order valence-electron chi connectivity index (χ4n) is 6.77. The van der Waals surface area contributed by atoms with Gasteiger partial charge in [-0.1, -0.05) is 0 Å². The number of carbonyl (C=O) groups excluding carboxylic acids is 10. The maximum Gasteiger partial charge on any atom is 0.303 e. The number of ether oxygens (including phenoxy) is 15. The first kappa shape index (κ1) is 52.8. The zero-order valence-electron chi connectivity index (χ0n) is 36.4. The average Bonchev–Trinajstić information content (AvgIpc) is 3.15. The van der Waals surface area contributed by atoms with E-state index in [2.05, 4.69) is 0 Å². The zero-order chi connectivity index (χ0) is 48.2. The van der Waals surface area contributed by atoms with Crippen molar-refractivity contribution in [2.45, 2.75) is 161 Å². The molecule has 1 N–H and O–H groups in total. The van der Waals surface area contributed by atoms with Crippen LogP contribution in [0.2, 0.25) is 0 Å². The van der Waals surface area contributed by atoms with Crippen molar-refractivity contribution in [2.75, 3.05) is 19.8 Å². The lowest BCUT2D eigenvalue weighted by Gasteiger charge is -2.50. The van der Waals surface area contributed by atoms with E-state index in [-0.39, 0.29) is 0 Å². The standard InChI is InChI=1S/C38H52O26/c1-14(39)50-11-24-28(30(54-18(5)43)33(36(49)60-24)57-21(8)46)63-38-35(59-23(10)48)32(56-20(7)45)29(26(62-38)13-52-16(3)41)64-37-34(58-22(9)47)31(55-19(6)44)27(53-17(4)42)25(61-37)12-51-15(2)40/h24-38,49H,11-13H2,1-10H3/t24-,25-,26-,27-,28+,29+,30+,31+,32+,33-,34-,35+,36+,37+,38-/m0/s1. The van der Waals surface area contributed by atoms with E-state index in [1.54, 1.807) is 0 Å². The highest BCUT2D eigenvalue weighted by Gasteiger charge is 2.59. The lowest BCUT2D eigenvalue weighted by molar-refractivity contribution is -0.378. The fraction of sp³-hybridized carbons (Fsp3) is 0.737. The molecule has 0 amide bonds. The van der Waals surface area contributed by atoms with Crippen molar-refractivity contribution in [3.63, 3.8) is 0 Å². The van der Waals surface area contributed by atoms with Crippen LogP contribution < -0.4 is 0 Å². The van der Waals surface area contributed by atoms with Crippen LogP contribution in [0.5, 0.6) is 0 Å². The van der Waals surface area contributed by atoms with Gasteiger partial charge < -0.3 is 76.2 Å². The molecule has 3 heterocycles. The molecule has 0 bridgehead atoms. The molecule has 0 saturated carbocycles. The lowest BCUT2D eigenvalue weighted by atomic mass is 9.95. The summed E-state index contributed by atoms with van der Waals surface area (Å²) in [6.45, 7) is 7.65. The Balaban J connectivity index is 2.28. The number of esters is 10. The molecule has 26 heteroatoms. The first-order valence-electron chi connectivity index (χ1n) is 19.4. The highest BCUT2D eigenvalue weighted by molar-refractivity contribution is 5.70. The normalized spacial score (nSPS) is 32.3. The Morgan fingerprint density at radius 1 is 0.328 bits per heavy atom. The summed E-state index contributed by atoms with van der Waals surface area (Å²) in [6, 6.07) is 0. The van der Waals surface area contributed by atoms with Gasteiger partial charge in [0.2, 0.25) is 0 Å². The van der Waals surface area contributed by atoms with Gasteiger partial charge in [0, 0.05) is 69.2 Å². The molecule has 26 nitrogen and oxygen atoms in total. The van der Waals surface area contributed by atoms with Crippen molar-refractivity contribution in [2.24, 2.45) is 0 Å². The van der Waals surface area contributed by atoms with Crippen molar-refractivity contribution < 1.29 is 124 Å². The van der Waals surface area contributed by atoms with Crippen LogP contribution in [0.3, 0.4) is 0 Å². The minimum Gasteiger partial charge on any atom is -0.463 e. The second-order valence-electron chi connectivity index (χ2n) is 14.3. The molecule has 0 aromatic rings. The van der Waals surface area contributed by atoms with E-state index in [0.717, 1.165) is 69.2 Å². The van der Waals surface area contributed by atoms with Crippen LogP contribution in [0.25, 0.3) is 0 Å². The van der Waals surface area contributed by atoms with E-state index in [1.807, 2.05) is 0 Å². The van der Waals surface area contributed by atoms with E-state index in [9.17, 15) is 53.1 Å². The van der Waals surface area contributed by atoms with Crippen molar-refractivity contribution in [1.29, 1.82) is 0 Å². The summed E-state index contributed by atoms with van der Waals surface area (Å²) in [7, 11) is 0. The molecule has 3 aliphatic rings. The Morgan fingerprint density at radius 2 is 0.578 bits per heavy atom. The molecule has 0 aromatic carbocycles. The average molecular weight is 925 g/mol. The highest BCUT2D eigenvalue weighted by atomic mass is 16.8. The molecular weight excluding hydrogens is 872 g/mol. The van der Waals surface area contributed by atoms with E-state index < -0.39 is 172 Å². The Labute approximate surface area is 364 Å².